The predicted molar refractivity (Wildman–Crippen MR) is 81.4 cm³/mol. The maximum Gasteiger partial charge on any atom is 0.320 e. The summed E-state index contributed by atoms with van der Waals surface area (Å²) in [6.07, 6.45) is -0.0456. The van der Waals surface area contributed by atoms with Crippen LogP contribution in [0.15, 0.2) is 0 Å². The number of carbonyl (C=O) groups is 4. The molecule has 1 atom stereocenters. The van der Waals surface area contributed by atoms with E-state index in [1.807, 2.05) is 0 Å². The third-order valence-electron chi connectivity index (χ3n) is 3.58. The number of rotatable bonds is 10. The lowest BCUT2D eigenvalue weighted by Crippen LogP contribution is -2.38. The number of carbonyl (C=O) groups excluding carboxylic acids is 4. The van der Waals surface area contributed by atoms with E-state index in [0.29, 0.717) is 0 Å². The van der Waals surface area contributed by atoms with Crippen molar-refractivity contribution < 1.29 is 33.4 Å². The van der Waals surface area contributed by atoms with Crippen molar-refractivity contribution >= 4 is 23.7 Å². The average molecular weight is 330 g/mol. The molecule has 7 heteroatoms. The fourth-order valence-electron chi connectivity index (χ4n) is 1.96. The van der Waals surface area contributed by atoms with Gasteiger partial charge in [-0.25, -0.2) is 0 Å². The molecule has 0 spiro atoms. The van der Waals surface area contributed by atoms with Crippen LogP contribution in [0.1, 0.15) is 47.5 Å². The zero-order chi connectivity index (χ0) is 18.0. The van der Waals surface area contributed by atoms with Crippen LogP contribution in [0.3, 0.4) is 0 Å². The van der Waals surface area contributed by atoms with Gasteiger partial charge in [0.25, 0.3) is 0 Å². The highest BCUT2D eigenvalue weighted by Gasteiger charge is 2.42. The van der Waals surface area contributed by atoms with Gasteiger partial charge in [0.1, 0.15) is 11.2 Å². The summed E-state index contributed by atoms with van der Waals surface area (Å²) >= 11 is 0. The van der Waals surface area contributed by atoms with Crippen LogP contribution in [-0.2, 0) is 33.4 Å². The molecule has 0 saturated heterocycles. The van der Waals surface area contributed by atoms with Crippen molar-refractivity contribution in [3.63, 3.8) is 0 Å². The highest BCUT2D eigenvalue weighted by molar-refractivity contribution is 6.02. The maximum absolute atomic E-state index is 12.0. The van der Waals surface area contributed by atoms with Gasteiger partial charge in [0.15, 0.2) is 5.92 Å². The molecule has 0 N–H and O–H groups in total. The van der Waals surface area contributed by atoms with Gasteiger partial charge in [-0.2, -0.15) is 0 Å². The molecule has 0 heterocycles. The number of hydrogen-bond acceptors (Lipinski definition) is 7. The first kappa shape index (κ1) is 21.1. The standard InChI is InChI=1S/C16H26O7/c1-6-21-13(18)12(14(19)22-7-2)9-10-16(5,11(4)17)15(20)23-8-3/h12H,6-10H2,1-5H3. The molecule has 0 aromatic rings. The molecule has 7 nitrogen and oxygen atoms in total. The molecule has 23 heavy (non-hydrogen) atoms. The largest absolute Gasteiger partial charge is 0.465 e. The van der Waals surface area contributed by atoms with Crippen molar-refractivity contribution in [3.8, 4) is 0 Å². The second-order valence-electron chi connectivity index (χ2n) is 5.20. The molecule has 0 saturated carbocycles. The Bertz CT molecular complexity index is 426. The van der Waals surface area contributed by atoms with Gasteiger partial charge in [0.2, 0.25) is 0 Å². The van der Waals surface area contributed by atoms with Crippen LogP contribution in [0.25, 0.3) is 0 Å². The molecule has 0 fully saturated rings. The Morgan fingerprint density at radius 3 is 1.65 bits per heavy atom. The number of Topliss-reactive ketones (excluding diaryl/α,β-unsaturated/α-hetero) is 1. The molecule has 0 aliphatic heterocycles. The predicted octanol–water partition coefficient (Wildman–Crippen LogP) is 1.67. The van der Waals surface area contributed by atoms with Crippen molar-refractivity contribution in [2.75, 3.05) is 19.8 Å². The van der Waals surface area contributed by atoms with Crippen molar-refractivity contribution in [2.24, 2.45) is 11.3 Å². The summed E-state index contributed by atoms with van der Waals surface area (Å²) < 4.78 is 14.7. The zero-order valence-electron chi connectivity index (χ0n) is 14.5. The molecule has 0 aliphatic rings. The van der Waals surface area contributed by atoms with Gasteiger partial charge in [-0.1, -0.05) is 0 Å². The van der Waals surface area contributed by atoms with E-state index in [2.05, 4.69) is 0 Å². The van der Waals surface area contributed by atoms with Gasteiger partial charge >= 0.3 is 17.9 Å². The fourth-order valence-corrected chi connectivity index (χ4v) is 1.96. The first-order valence-electron chi connectivity index (χ1n) is 7.76. The molecule has 0 rings (SSSR count). The molecule has 132 valence electrons. The highest BCUT2D eigenvalue weighted by atomic mass is 16.6. The molecule has 0 aromatic heterocycles. The Hall–Kier alpha value is -1.92. The molecular formula is C16H26O7. The van der Waals surface area contributed by atoms with Crippen LogP contribution in [-0.4, -0.2) is 43.5 Å². The summed E-state index contributed by atoms with van der Waals surface area (Å²) in [5.74, 6) is -3.66. The SMILES string of the molecule is CCOC(=O)C(CCC(C)(C(C)=O)C(=O)OCC)C(=O)OCC. The maximum atomic E-state index is 12.0. The van der Waals surface area contributed by atoms with E-state index in [4.69, 9.17) is 14.2 Å². The van der Waals surface area contributed by atoms with Gasteiger partial charge < -0.3 is 14.2 Å². The molecule has 0 bridgehead atoms. The second kappa shape index (κ2) is 9.97. The van der Waals surface area contributed by atoms with Gasteiger partial charge in [0.05, 0.1) is 19.8 Å². The Morgan fingerprint density at radius 2 is 1.30 bits per heavy atom. The number of ether oxygens (including phenoxy) is 3. The Kier molecular flexibility index (Phi) is 9.14. The van der Waals surface area contributed by atoms with E-state index in [1.54, 1.807) is 20.8 Å². The van der Waals surface area contributed by atoms with Gasteiger partial charge in [-0.05, 0) is 47.5 Å². The Labute approximate surface area is 136 Å². The highest BCUT2D eigenvalue weighted by Crippen LogP contribution is 2.29. The third kappa shape index (κ3) is 6.00. The minimum atomic E-state index is -1.41. The topological polar surface area (TPSA) is 96.0 Å². The lowest BCUT2D eigenvalue weighted by molar-refractivity contribution is -0.166. The first-order chi connectivity index (χ1) is 10.7. The van der Waals surface area contributed by atoms with E-state index in [0.717, 1.165) is 0 Å². The van der Waals surface area contributed by atoms with Crippen molar-refractivity contribution in [1.82, 2.24) is 0 Å². The molecule has 0 radical (unpaired) electrons. The summed E-state index contributed by atoms with van der Waals surface area (Å²) in [7, 11) is 0. The van der Waals surface area contributed by atoms with Crippen LogP contribution >= 0.6 is 0 Å². The quantitative estimate of drug-likeness (QED) is 0.341. The smallest absolute Gasteiger partial charge is 0.320 e. The third-order valence-corrected chi connectivity index (χ3v) is 3.58. The van der Waals surface area contributed by atoms with E-state index in [9.17, 15) is 19.2 Å². The van der Waals surface area contributed by atoms with Crippen LogP contribution in [0.5, 0.6) is 0 Å². The Balaban J connectivity index is 5.17. The average Bonchev–Trinajstić information content (AvgIpc) is 2.47. The monoisotopic (exact) mass is 330 g/mol. The number of hydrogen-bond donors (Lipinski definition) is 0. The van der Waals surface area contributed by atoms with Gasteiger partial charge in [-0.15, -0.1) is 0 Å². The number of ketones is 1. The second-order valence-corrected chi connectivity index (χ2v) is 5.20. The summed E-state index contributed by atoms with van der Waals surface area (Å²) in [6.45, 7) is 7.99. The summed E-state index contributed by atoms with van der Waals surface area (Å²) in [6, 6.07) is 0. The van der Waals surface area contributed by atoms with Crippen LogP contribution < -0.4 is 0 Å². The Morgan fingerprint density at radius 1 is 0.870 bits per heavy atom. The fraction of sp³-hybridized carbons (Fsp3) is 0.750. The van der Waals surface area contributed by atoms with E-state index < -0.39 is 29.2 Å². The minimum Gasteiger partial charge on any atom is -0.465 e. The molecule has 0 aromatic carbocycles. The summed E-state index contributed by atoms with van der Waals surface area (Å²) in [5, 5.41) is 0. The normalized spacial score (nSPS) is 13.1. The van der Waals surface area contributed by atoms with Crippen molar-refractivity contribution in [3.05, 3.63) is 0 Å². The lowest BCUT2D eigenvalue weighted by Gasteiger charge is -2.25. The number of esters is 3. The van der Waals surface area contributed by atoms with Crippen molar-refractivity contribution in [2.45, 2.75) is 47.5 Å². The van der Waals surface area contributed by atoms with E-state index >= 15 is 0 Å². The van der Waals surface area contributed by atoms with Crippen LogP contribution in [0.4, 0.5) is 0 Å². The molecule has 1 unspecified atom stereocenters. The van der Waals surface area contributed by atoms with Gasteiger partial charge in [-0.3, -0.25) is 19.2 Å². The first-order valence-corrected chi connectivity index (χ1v) is 7.76. The van der Waals surface area contributed by atoms with Gasteiger partial charge in [0, 0.05) is 0 Å². The van der Waals surface area contributed by atoms with Crippen LogP contribution in [0, 0.1) is 11.3 Å². The lowest BCUT2D eigenvalue weighted by atomic mass is 9.79. The van der Waals surface area contributed by atoms with E-state index in [-0.39, 0.29) is 38.4 Å². The van der Waals surface area contributed by atoms with E-state index in [1.165, 1.54) is 13.8 Å². The zero-order valence-corrected chi connectivity index (χ0v) is 14.5. The van der Waals surface area contributed by atoms with Crippen molar-refractivity contribution in [1.29, 1.82) is 0 Å². The minimum absolute atomic E-state index is 0.0105. The van der Waals surface area contributed by atoms with Crippen LogP contribution in [0.2, 0.25) is 0 Å². The molecule has 0 amide bonds. The summed E-state index contributed by atoms with van der Waals surface area (Å²) in [5.41, 5.74) is -1.41. The summed E-state index contributed by atoms with van der Waals surface area (Å²) in [4.78, 5) is 47.7. The molecular weight excluding hydrogens is 304 g/mol. The molecule has 0 aliphatic carbocycles.